The molecule has 1 aliphatic heterocycles. The smallest absolute Gasteiger partial charge is 0.338 e. The van der Waals surface area contributed by atoms with E-state index in [9.17, 15) is 23.6 Å². The summed E-state index contributed by atoms with van der Waals surface area (Å²) in [6.45, 7) is 3.41. The third kappa shape index (κ3) is 5.38. The van der Waals surface area contributed by atoms with Crippen LogP contribution in [0.5, 0.6) is 0 Å². The Balaban J connectivity index is 3.35. The molecule has 10 nitrogen and oxygen atoms in total. The molecule has 0 aromatic carbocycles. The fourth-order valence-corrected chi connectivity index (χ4v) is 2.34. The molecule has 1 aliphatic rings. The molecule has 1 fully saturated rings. The molecular weight excluding hydrogens is 357 g/mol. The van der Waals surface area contributed by atoms with Crippen molar-refractivity contribution in [2.75, 3.05) is 6.61 Å². The molecular formula is C15H18FNO9. The number of nitrogens with zero attached hydrogens (tertiary/aromatic N) is 1. The molecule has 0 saturated carbocycles. The van der Waals surface area contributed by atoms with Crippen LogP contribution in [0, 0.1) is 11.3 Å². The lowest BCUT2D eigenvalue weighted by molar-refractivity contribution is -0.304. The van der Waals surface area contributed by atoms with Crippen LogP contribution in [0.25, 0.3) is 0 Å². The Morgan fingerprint density at radius 3 is 1.88 bits per heavy atom. The Morgan fingerprint density at radius 2 is 1.46 bits per heavy atom. The van der Waals surface area contributed by atoms with E-state index in [0.717, 1.165) is 27.7 Å². The first-order valence-corrected chi connectivity index (χ1v) is 7.43. The van der Waals surface area contributed by atoms with Crippen LogP contribution in [0.2, 0.25) is 0 Å². The van der Waals surface area contributed by atoms with Gasteiger partial charge in [-0.25, -0.2) is 0 Å². The summed E-state index contributed by atoms with van der Waals surface area (Å²) in [5, 5.41) is 9.15. The van der Waals surface area contributed by atoms with E-state index in [4.69, 9.17) is 28.9 Å². The van der Waals surface area contributed by atoms with Gasteiger partial charge in [0, 0.05) is 27.7 Å². The minimum Gasteiger partial charge on any atom is -0.463 e. The van der Waals surface area contributed by atoms with Crippen LogP contribution < -0.4 is 0 Å². The topological polar surface area (TPSA) is 138 Å². The largest absolute Gasteiger partial charge is 0.463 e. The number of hydrogen-bond donors (Lipinski definition) is 0. The van der Waals surface area contributed by atoms with Gasteiger partial charge in [-0.15, -0.1) is 0 Å². The van der Waals surface area contributed by atoms with Crippen LogP contribution >= 0.6 is 0 Å². The zero-order valence-electron chi connectivity index (χ0n) is 14.5. The van der Waals surface area contributed by atoms with Gasteiger partial charge in [-0.3, -0.25) is 19.2 Å². The monoisotopic (exact) mass is 375 g/mol. The third-order valence-electron chi connectivity index (χ3n) is 3.18. The van der Waals surface area contributed by atoms with Gasteiger partial charge in [0.1, 0.15) is 18.8 Å². The van der Waals surface area contributed by atoms with Gasteiger partial charge in [0.15, 0.2) is 12.2 Å². The van der Waals surface area contributed by atoms with Crippen molar-refractivity contribution in [3.63, 3.8) is 0 Å². The first-order chi connectivity index (χ1) is 12.0. The molecule has 0 aromatic heterocycles. The Hall–Kier alpha value is -2.74. The van der Waals surface area contributed by atoms with E-state index in [2.05, 4.69) is 0 Å². The maximum absolute atomic E-state index is 15.0. The van der Waals surface area contributed by atoms with Crippen molar-refractivity contribution in [2.24, 2.45) is 0 Å². The maximum Gasteiger partial charge on any atom is 0.338 e. The summed E-state index contributed by atoms with van der Waals surface area (Å²) in [7, 11) is 0. The number of rotatable bonds is 5. The average Bonchev–Trinajstić information content (AvgIpc) is 2.50. The van der Waals surface area contributed by atoms with Crippen molar-refractivity contribution in [1.82, 2.24) is 0 Å². The van der Waals surface area contributed by atoms with Crippen LogP contribution in [0.15, 0.2) is 0 Å². The van der Waals surface area contributed by atoms with Crippen molar-refractivity contribution in [3.8, 4) is 6.07 Å². The first-order valence-electron chi connectivity index (χ1n) is 7.43. The summed E-state index contributed by atoms with van der Waals surface area (Å²) < 4.78 is 39.4. The maximum atomic E-state index is 15.0. The van der Waals surface area contributed by atoms with Crippen molar-refractivity contribution in [2.45, 2.75) is 58.0 Å². The lowest BCUT2D eigenvalue weighted by atomic mass is 9.93. The third-order valence-corrected chi connectivity index (χ3v) is 3.18. The van der Waals surface area contributed by atoms with E-state index in [1.165, 1.54) is 6.07 Å². The van der Waals surface area contributed by atoms with E-state index in [1.54, 1.807) is 0 Å². The van der Waals surface area contributed by atoms with Crippen molar-refractivity contribution < 1.29 is 47.3 Å². The molecule has 1 heterocycles. The second-order valence-corrected chi connectivity index (χ2v) is 5.39. The summed E-state index contributed by atoms with van der Waals surface area (Å²) in [5.41, 5.74) is 0. The zero-order valence-corrected chi connectivity index (χ0v) is 14.5. The van der Waals surface area contributed by atoms with Crippen LogP contribution in [0.1, 0.15) is 27.7 Å². The fourth-order valence-electron chi connectivity index (χ4n) is 2.34. The molecule has 0 radical (unpaired) electrons. The van der Waals surface area contributed by atoms with Crippen molar-refractivity contribution in [3.05, 3.63) is 0 Å². The number of nitriles is 1. The van der Waals surface area contributed by atoms with Gasteiger partial charge in [0.25, 0.3) is 0 Å². The van der Waals surface area contributed by atoms with Gasteiger partial charge in [-0.1, -0.05) is 0 Å². The molecule has 0 spiro atoms. The Kier molecular flexibility index (Phi) is 7.02. The SMILES string of the molecule is CC(=O)OC[C@H]1O[C@](F)(C#N)[C@H](OC(C)=O)[C@@H](OC(C)=O)[C@H]1OC(C)=O. The number of alkyl halides is 1. The summed E-state index contributed by atoms with van der Waals surface area (Å²) >= 11 is 0. The van der Waals surface area contributed by atoms with Crippen molar-refractivity contribution >= 4 is 23.9 Å². The van der Waals surface area contributed by atoms with Crippen molar-refractivity contribution in [1.29, 1.82) is 5.26 Å². The molecule has 0 bridgehead atoms. The minimum atomic E-state index is -3.24. The Labute approximate surface area is 148 Å². The highest BCUT2D eigenvalue weighted by Crippen LogP contribution is 2.36. The second kappa shape index (κ2) is 8.57. The van der Waals surface area contributed by atoms with E-state index in [-0.39, 0.29) is 0 Å². The zero-order chi connectivity index (χ0) is 20.1. The summed E-state index contributed by atoms with van der Waals surface area (Å²) in [6.07, 6.45) is -6.74. The van der Waals surface area contributed by atoms with E-state index >= 15 is 0 Å². The Bertz CT molecular complexity index is 631. The number of hydrogen-bond acceptors (Lipinski definition) is 10. The summed E-state index contributed by atoms with van der Waals surface area (Å²) in [6, 6.07) is 1.19. The summed E-state index contributed by atoms with van der Waals surface area (Å²) in [5.74, 6) is -6.75. The lowest BCUT2D eigenvalue weighted by Gasteiger charge is -2.44. The normalized spacial score (nSPS) is 30.5. The predicted octanol–water partition coefficient (Wildman–Crippen LogP) is -0.0672. The predicted molar refractivity (Wildman–Crippen MR) is 77.6 cm³/mol. The first kappa shape index (κ1) is 21.3. The molecule has 0 amide bonds. The highest BCUT2D eigenvalue weighted by atomic mass is 19.2. The van der Waals surface area contributed by atoms with Gasteiger partial charge in [-0.05, 0) is 0 Å². The molecule has 11 heteroatoms. The van der Waals surface area contributed by atoms with Crippen LogP contribution in [0.4, 0.5) is 4.39 Å². The van der Waals surface area contributed by atoms with E-state index < -0.39 is 60.8 Å². The van der Waals surface area contributed by atoms with Gasteiger partial charge >= 0.3 is 29.7 Å². The van der Waals surface area contributed by atoms with Gasteiger partial charge < -0.3 is 23.7 Å². The quantitative estimate of drug-likeness (QED) is 0.474. The van der Waals surface area contributed by atoms with Crippen LogP contribution in [0.3, 0.4) is 0 Å². The van der Waals surface area contributed by atoms with Crippen LogP contribution in [-0.4, -0.2) is 60.8 Å². The Morgan fingerprint density at radius 1 is 0.962 bits per heavy atom. The molecule has 26 heavy (non-hydrogen) atoms. The van der Waals surface area contributed by atoms with Gasteiger partial charge in [0.2, 0.25) is 6.10 Å². The van der Waals surface area contributed by atoms with Gasteiger partial charge in [0.05, 0.1) is 0 Å². The molecule has 5 atom stereocenters. The number of carbonyl (C=O) groups excluding carboxylic acids is 4. The summed E-state index contributed by atoms with van der Waals surface area (Å²) in [4.78, 5) is 45.1. The number of esters is 4. The number of carbonyl (C=O) groups is 4. The van der Waals surface area contributed by atoms with E-state index in [0.29, 0.717) is 0 Å². The standard InChI is InChI=1S/C15H18FNO9/c1-7(18)22-5-11-12(23-8(2)19)13(24-9(3)20)14(25-10(4)21)15(16,6-17)26-11/h11-14H,5H2,1-4H3/t11-,12+,13+,14-,15-/m1/s1. The van der Waals surface area contributed by atoms with Crippen LogP contribution in [-0.2, 0) is 42.9 Å². The van der Waals surface area contributed by atoms with Gasteiger partial charge in [-0.2, -0.15) is 9.65 Å². The molecule has 0 unspecified atom stereocenters. The molecule has 0 N–H and O–H groups in total. The number of ether oxygens (including phenoxy) is 5. The lowest BCUT2D eigenvalue weighted by Crippen LogP contribution is -2.66. The average molecular weight is 375 g/mol. The minimum absolute atomic E-state index is 0.606. The molecule has 144 valence electrons. The fraction of sp³-hybridized carbons (Fsp3) is 0.667. The second-order valence-electron chi connectivity index (χ2n) is 5.39. The highest BCUT2D eigenvalue weighted by molar-refractivity contribution is 5.69. The molecule has 0 aliphatic carbocycles. The molecule has 0 aromatic rings. The number of halogens is 1. The highest BCUT2D eigenvalue weighted by Gasteiger charge is 2.61. The molecule has 1 rings (SSSR count). The molecule has 1 saturated heterocycles. The van der Waals surface area contributed by atoms with E-state index in [1.807, 2.05) is 0 Å².